The molecule has 0 radical (unpaired) electrons. The lowest BCUT2D eigenvalue weighted by molar-refractivity contribution is 0.456. The molecule has 1 N–H and O–H groups in total. The van der Waals surface area contributed by atoms with Crippen molar-refractivity contribution in [3.8, 4) is 0 Å². The molecule has 20 heavy (non-hydrogen) atoms. The van der Waals surface area contributed by atoms with Crippen molar-refractivity contribution in [3.05, 3.63) is 69.7 Å². The average molecular weight is 332 g/mol. The fraction of sp³-hybridized carbons (Fsp3) is 0.333. The Labute approximate surface area is 130 Å². The third kappa shape index (κ3) is 3.94. The van der Waals surface area contributed by atoms with Gasteiger partial charge in [0.05, 0.1) is 0 Å². The van der Waals surface area contributed by atoms with Crippen LogP contribution in [0.2, 0.25) is 0 Å². The Bertz CT molecular complexity index is 548. The number of hydrogen-bond acceptors (Lipinski definition) is 1. The van der Waals surface area contributed by atoms with Crippen molar-refractivity contribution in [1.82, 2.24) is 5.32 Å². The summed E-state index contributed by atoms with van der Waals surface area (Å²) in [5.74, 6) is 0. The third-order valence-corrected chi connectivity index (χ3v) is 4.20. The molecule has 0 fully saturated rings. The van der Waals surface area contributed by atoms with Crippen molar-refractivity contribution in [1.29, 1.82) is 0 Å². The maximum absolute atomic E-state index is 3.73. The van der Waals surface area contributed by atoms with Gasteiger partial charge in [0, 0.05) is 16.6 Å². The van der Waals surface area contributed by atoms with E-state index >= 15 is 0 Å². The zero-order chi connectivity index (χ0) is 14.5. The van der Waals surface area contributed by atoms with Crippen LogP contribution in [0.3, 0.4) is 0 Å². The van der Waals surface area contributed by atoms with Crippen molar-refractivity contribution < 1.29 is 0 Å². The van der Waals surface area contributed by atoms with Crippen molar-refractivity contribution in [2.45, 2.75) is 39.3 Å². The second-order valence-corrected chi connectivity index (χ2v) is 6.23. The topological polar surface area (TPSA) is 12.0 Å². The van der Waals surface area contributed by atoms with Gasteiger partial charge in [-0.1, -0.05) is 64.8 Å². The third-order valence-electron chi connectivity index (χ3n) is 3.67. The van der Waals surface area contributed by atoms with Crippen molar-refractivity contribution in [2.24, 2.45) is 0 Å². The van der Waals surface area contributed by atoms with Crippen LogP contribution in [0.1, 0.15) is 49.0 Å². The van der Waals surface area contributed by atoms with Gasteiger partial charge in [-0.3, -0.25) is 0 Å². The second-order valence-electron chi connectivity index (χ2n) is 5.31. The molecule has 2 atom stereocenters. The van der Waals surface area contributed by atoms with Crippen LogP contribution in [0.25, 0.3) is 0 Å². The van der Waals surface area contributed by atoms with Crippen LogP contribution >= 0.6 is 15.9 Å². The maximum atomic E-state index is 3.73. The highest BCUT2D eigenvalue weighted by Gasteiger charge is 2.13. The normalized spacial score (nSPS) is 14.0. The van der Waals surface area contributed by atoms with Crippen LogP contribution in [0.5, 0.6) is 0 Å². The summed E-state index contributed by atoms with van der Waals surface area (Å²) in [6.45, 7) is 6.60. The highest BCUT2D eigenvalue weighted by Crippen LogP contribution is 2.24. The first-order chi connectivity index (χ1) is 9.60. The zero-order valence-corrected chi connectivity index (χ0v) is 13.9. The van der Waals surface area contributed by atoms with Crippen molar-refractivity contribution in [3.63, 3.8) is 0 Å². The zero-order valence-electron chi connectivity index (χ0n) is 12.4. The number of aryl methyl sites for hydroxylation is 1. The Kier molecular flexibility index (Phi) is 5.38. The quantitative estimate of drug-likeness (QED) is 0.756. The Balaban J connectivity index is 2.11. The Hall–Kier alpha value is -1.12. The highest BCUT2D eigenvalue weighted by atomic mass is 79.9. The Morgan fingerprint density at radius 1 is 1.05 bits per heavy atom. The monoisotopic (exact) mass is 331 g/mol. The smallest absolute Gasteiger partial charge is 0.0323 e. The van der Waals surface area contributed by atoms with E-state index in [1.165, 1.54) is 16.7 Å². The molecule has 0 heterocycles. The fourth-order valence-electron chi connectivity index (χ4n) is 2.48. The van der Waals surface area contributed by atoms with Gasteiger partial charge in [-0.05, 0) is 43.5 Å². The molecule has 2 rings (SSSR count). The second kappa shape index (κ2) is 7.05. The van der Waals surface area contributed by atoms with Gasteiger partial charge >= 0.3 is 0 Å². The lowest BCUT2D eigenvalue weighted by atomic mass is 10.0. The van der Waals surface area contributed by atoms with E-state index in [0.717, 1.165) is 10.9 Å². The summed E-state index contributed by atoms with van der Waals surface area (Å²) in [6, 6.07) is 18.1. The first-order valence-corrected chi connectivity index (χ1v) is 7.97. The molecule has 0 aromatic heterocycles. The van der Waals surface area contributed by atoms with Crippen LogP contribution in [0.15, 0.2) is 53.0 Å². The average Bonchev–Trinajstić information content (AvgIpc) is 2.45. The summed E-state index contributed by atoms with van der Waals surface area (Å²) in [4.78, 5) is 0. The summed E-state index contributed by atoms with van der Waals surface area (Å²) in [5.41, 5.74) is 4.00. The van der Waals surface area contributed by atoms with Gasteiger partial charge in [0.15, 0.2) is 0 Å². The molecule has 0 spiro atoms. The van der Waals surface area contributed by atoms with Crippen LogP contribution < -0.4 is 5.32 Å². The van der Waals surface area contributed by atoms with E-state index in [9.17, 15) is 0 Å². The molecule has 0 saturated heterocycles. The fourth-order valence-corrected chi connectivity index (χ4v) is 2.75. The van der Waals surface area contributed by atoms with Gasteiger partial charge in [-0.25, -0.2) is 0 Å². The van der Waals surface area contributed by atoms with Gasteiger partial charge in [0.2, 0.25) is 0 Å². The highest BCUT2D eigenvalue weighted by molar-refractivity contribution is 9.10. The number of rotatable bonds is 5. The molecule has 2 unspecified atom stereocenters. The van der Waals surface area contributed by atoms with E-state index in [2.05, 4.69) is 90.5 Å². The molecule has 106 valence electrons. The van der Waals surface area contributed by atoms with Gasteiger partial charge in [-0.15, -0.1) is 0 Å². The van der Waals surface area contributed by atoms with Gasteiger partial charge in [-0.2, -0.15) is 0 Å². The molecule has 0 bridgehead atoms. The Morgan fingerprint density at radius 3 is 2.35 bits per heavy atom. The van der Waals surface area contributed by atoms with E-state index in [1.54, 1.807) is 0 Å². The first-order valence-electron chi connectivity index (χ1n) is 7.18. The first kappa shape index (κ1) is 15.3. The number of hydrogen-bond donors (Lipinski definition) is 1. The molecule has 2 heteroatoms. The molecule has 2 aromatic carbocycles. The molecule has 0 amide bonds. The summed E-state index contributed by atoms with van der Waals surface area (Å²) in [6.07, 6.45) is 1.08. The maximum Gasteiger partial charge on any atom is 0.0323 e. The summed E-state index contributed by atoms with van der Waals surface area (Å²) >= 11 is 3.49. The van der Waals surface area contributed by atoms with E-state index in [0.29, 0.717) is 12.1 Å². The standard InChI is InChI=1S/C18H22BrN/c1-4-18(15-8-10-17(19)11-9-15)20-14(3)16-7-5-6-13(2)12-16/h5-12,14,18,20H,4H2,1-3H3. The van der Waals surface area contributed by atoms with E-state index in [4.69, 9.17) is 0 Å². The minimum absolute atomic E-state index is 0.350. The molecular weight excluding hydrogens is 310 g/mol. The predicted molar refractivity (Wildman–Crippen MR) is 89.9 cm³/mol. The van der Waals surface area contributed by atoms with Gasteiger partial charge < -0.3 is 5.32 Å². The molecule has 0 saturated carbocycles. The predicted octanol–water partition coefficient (Wildman–Crippen LogP) is 5.56. The lowest BCUT2D eigenvalue weighted by Crippen LogP contribution is -2.24. The van der Waals surface area contributed by atoms with Gasteiger partial charge in [0.1, 0.15) is 0 Å². The Morgan fingerprint density at radius 2 is 1.75 bits per heavy atom. The molecule has 0 aliphatic rings. The minimum Gasteiger partial charge on any atom is -0.303 e. The molecule has 0 aliphatic carbocycles. The number of nitrogens with one attached hydrogen (secondary N) is 1. The van der Waals surface area contributed by atoms with Crippen molar-refractivity contribution in [2.75, 3.05) is 0 Å². The molecular formula is C18H22BrN. The number of benzene rings is 2. The SMILES string of the molecule is CCC(NC(C)c1cccc(C)c1)c1ccc(Br)cc1. The molecule has 2 aromatic rings. The van der Waals surface area contributed by atoms with E-state index in [-0.39, 0.29) is 0 Å². The van der Waals surface area contributed by atoms with Crippen LogP contribution in [0.4, 0.5) is 0 Å². The van der Waals surface area contributed by atoms with Crippen LogP contribution in [-0.4, -0.2) is 0 Å². The summed E-state index contributed by atoms with van der Waals surface area (Å²) in [5, 5.41) is 3.73. The van der Waals surface area contributed by atoms with Crippen LogP contribution in [-0.2, 0) is 0 Å². The summed E-state index contributed by atoms with van der Waals surface area (Å²) in [7, 11) is 0. The van der Waals surface area contributed by atoms with Crippen molar-refractivity contribution >= 4 is 15.9 Å². The van der Waals surface area contributed by atoms with E-state index in [1.807, 2.05) is 0 Å². The molecule has 0 aliphatic heterocycles. The lowest BCUT2D eigenvalue weighted by Gasteiger charge is -2.23. The largest absolute Gasteiger partial charge is 0.303 e. The summed E-state index contributed by atoms with van der Waals surface area (Å²) < 4.78 is 1.13. The minimum atomic E-state index is 0.350. The van der Waals surface area contributed by atoms with Gasteiger partial charge in [0.25, 0.3) is 0 Å². The van der Waals surface area contributed by atoms with Crippen LogP contribution in [0, 0.1) is 6.92 Å². The number of halogens is 1. The molecule has 1 nitrogen and oxygen atoms in total. The van der Waals surface area contributed by atoms with E-state index < -0.39 is 0 Å².